The molecule has 0 bridgehead atoms. The van der Waals surface area contributed by atoms with Crippen molar-refractivity contribution in [1.29, 1.82) is 0 Å². The second-order valence-electron chi connectivity index (χ2n) is 3.73. The van der Waals surface area contributed by atoms with Crippen LogP contribution in [0.5, 0.6) is 0 Å². The molecular formula is C15H11ClN2O2. The SMILES string of the molecule is O=C(C=Cc1ccc(Cl)cc1)OC1=N/C=C\C=N/C=C\1. The normalized spacial score (nSPS) is 21.4. The van der Waals surface area contributed by atoms with Gasteiger partial charge in [0, 0.05) is 35.8 Å². The summed E-state index contributed by atoms with van der Waals surface area (Å²) in [5, 5.41) is 0.645. The van der Waals surface area contributed by atoms with Crippen molar-refractivity contribution < 1.29 is 9.53 Å². The predicted molar refractivity (Wildman–Crippen MR) is 80.8 cm³/mol. The van der Waals surface area contributed by atoms with Gasteiger partial charge in [-0.3, -0.25) is 4.99 Å². The van der Waals surface area contributed by atoms with Gasteiger partial charge in [-0.1, -0.05) is 23.7 Å². The van der Waals surface area contributed by atoms with Crippen LogP contribution < -0.4 is 0 Å². The number of hydrogen-bond donors (Lipinski definition) is 0. The van der Waals surface area contributed by atoms with Crippen LogP contribution in [0.2, 0.25) is 5.02 Å². The fourth-order valence-electron chi connectivity index (χ4n) is 1.34. The summed E-state index contributed by atoms with van der Waals surface area (Å²) in [5.41, 5.74) is 0.853. The highest BCUT2D eigenvalue weighted by atomic mass is 35.5. The summed E-state index contributed by atoms with van der Waals surface area (Å²) < 4.78 is 5.06. The van der Waals surface area contributed by atoms with Gasteiger partial charge in [-0.2, -0.15) is 0 Å². The molecule has 0 spiro atoms. The van der Waals surface area contributed by atoms with E-state index in [4.69, 9.17) is 16.3 Å². The van der Waals surface area contributed by atoms with Gasteiger partial charge in [-0.05, 0) is 29.8 Å². The number of hydrogen-bond acceptors (Lipinski definition) is 4. The number of allylic oxidation sites excluding steroid dienone is 1. The van der Waals surface area contributed by atoms with Crippen LogP contribution in [-0.2, 0) is 9.53 Å². The molecule has 0 amide bonds. The minimum atomic E-state index is -0.513. The number of carbonyl (C=O) groups excluding carboxylic acids is 1. The topological polar surface area (TPSA) is 51.0 Å². The van der Waals surface area contributed by atoms with E-state index in [2.05, 4.69) is 9.98 Å². The van der Waals surface area contributed by atoms with Gasteiger partial charge < -0.3 is 4.74 Å². The first-order valence-electron chi connectivity index (χ1n) is 5.82. The zero-order valence-electron chi connectivity index (χ0n) is 10.4. The first kappa shape index (κ1) is 14.0. The highest BCUT2D eigenvalue weighted by Gasteiger charge is 2.02. The monoisotopic (exact) mass is 286 g/mol. The molecule has 1 aliphatic rings. The molecule has 100 valence electrons. The van der Waals surface area contributed by atoms with E-state index in [1.807, 2.05) is 0 Å². The minimum Gasteiger partial charge on any atom is -0.404 e. The van der Waals surface area contributed by atoms with Crippen LogP contribution in [0.25, 0.3) is 6.08 Å². The third kappa shape index (κ3) is 4.66. The number of carbonyl (C=O) groups is 1. The first-order valence-corrected chi connectivity index (χ1v) is 6.20. The van der Waals surface area contributed by atoms with Crippen molar-refractivity contribution in [2.75, 3.05) is 0 Å². The molecule has 1 heterocycles. The molecule has 2 rings (SSSR count). The van der Waals surface area contributed by atoms with Crippen LogP contribution in [-0.4, -0.2) is 18.1 Å². The summed E-state index contributed by atoms with van der Waals surface area (Å²) in [7, 11) is 0. The highest BCUT2D eigenvalue weighted by Crippen LogP contribution is 2.10. The maximum atomic E-state index is 11.6. The minimum absolute atomic E-state index is 0.184. The number of esters is 1. The van der Waals surface area contributed by atoms with Gasteiger partial charge >= 0.3 is 5.97 Å². The average molecular weight is 287 g/mol. The third-order valence-corrected chi connectivity index (χ3v) is 2.50. The molecule has 0 unspecified atom stereocenters. The Morgan fingerprint density at radius 2 is 2.00 bits per heavy atom. The summed E-state index contributed by atoms with van der Waals surface area (Å²) >= 11 is 5.78. The number of benzene rings is 1. The molecule has 0 fully saturated rings. The average Bonchev–Trinajstić information content (AvgIpc) is 2.41. The van der Waals surface area contributed by atoms with Crippen molar-refractivity contribution in [2.24, 2.45) is 9.98 Å². The molecule has 4 nitrogen and oxygen atoms in total. The molecule has 1 aliphatic heterocycles. The van der Waals surface area contributed by atoms with E-state index in [0.29, 0.717) is 5.02 Å². The molecule has 20 heavy (non-hydrogen) atoms. The van der Waals surface area contributed by atoms with E-state index >= 15 is 0 Å². The van der Waals surface area contributed by atoms with E-state index < -0.39 is 5.97 Å². The number of rotatable bonds is 2. The van der Waals surface area contributed by atoms with Crippen molar-refractivity contribution >= 4 is 35.8 Å². The summed E-state index contributed by atoms with van der Waals surface area (Å²) in [6, 6.07) is 7.10. The maximum absolute atomic E-state index is 11.6. The zero-order valence-corrected chi connectivity index (χ0v) is 11.2. The Kier molecular flexibility index (Phi) is 5.03. The van der Waals surface area contributed by atoms with Crippen LogP contribution in [0.4, 0.5) is 0 Å². The lowest BCUT2D eigenvalue weighted by atomic mass is 10.2. The fraction of sp³-hybridized carbons (Fsp3) is 0. The van der Waals surface area contributed by atoms with Crippen LogP contribution in [0.15, 0.2) is 64.9 Å². The van der Waals surface area contributed by atoms with Crippen molar-refractivity contribution in [3.63, 3.8) is 0 Å². The molecule has 0 saturated carbocycles. The summed E-state index contributed by atoms with van der Waals surface area (Å²) in [5.74, 6) is -0.329. The van der Waals surface area contributed by atoms with E-state index in [1.54, 1.807) is 42.6 Å². The Hall–Kier alpha value is -2.46. The Morgan fingerprint density at radius 3 is 2.80 bits per heavy atom. The standard InChI is InChI=1S/C15H11ClN2O2/c16-13-5-2-12(3-6-13)4-7-15(19)20-14-8-11-17-9-1-10-18-14/h1-11H/b7-4?,9-1?,10-1-,11-8-,14-8?,17-9-,17-11?,18-10?,18-14+. The molecule has 0 radical (unpaired) electrons. The lowest BCUT2D eigenvalue weighted by Crippen LogP contribution is -2.07. The predicted octanol–water partition coefficient (Wildman–Crippen LogP) is 3.41. The van der Waals surface area contributed by atoms with Crippen molar-refractivity contribution in [3.05, 3.63) is 65.5 Å². The smallest absolute Gasteiger partial charge is 0.337 e. The molecular weight excluding hydrogens is 276 g/mol. The maximum Gasteiger partial charge on any atom is 0.337 e. The molecule has 1 aromatic carbocycles. The molecule has 0 saturated heterocycles. The highest BCUT2D eigenvalue weighted by molar-refractivity contribution is 6.30. The zero-order chi connectivity index (χ0) is 14.2. The van der Waals surface area contributed by atoms with Crippen LogP contribution in [0.3, 0.4) is 0 Å². The number of halogens is 1. The third-order valence-electron chi connectivity index (χ3n) is 2.25. The second-order valence-corrected chi connectivity index (χ2v) is 4.17. The Balaban J connectivity index is 1.97. The Labute approximate surface area is 121 Å². The van der Waals surface area contributed by atoms with Gasteiger partial charge in [0.25, 0.3) is 0 Å². The van der Waals surface area contributed by atoms with E-state index in [1.165, 1.54) is 24.6 Å². The van der Waals surface area contributed by atoms with Crippen LogP contribution in [0.1, 0.15) is 5.56 Å². The van der Waals surface area contributed by atoms with Gasteiger partial charge in [0.2, 0.25) is 5.90 Å². The second kappa shape index (κ2) is 7.21. The van der Waals surface area contributed by atoms with Gasteiger partial charge in [0.1, 0.15) is 0 Å². The summed E-state index contributed by atoms with van der Waals surface area (Å²) in [6.45, 7) is 0. The quantitative estimate of drug-likeness (QED) is 0.618. The van der Waals surface area contributed by atoms with Gasteiger partial charge in [0.15, 0.2) is 0 Å². The lowest BCUT2D eigenvalue weighted by molar-refractivity contribution is -0.129. The van der Waals surface area contributed by atoms with E-state index in [9.17, 15) is 4.79 Å². The summed E-state index contributed by atoms with van der Waals surface area (Å²) in [6.07, 6.45) is 10.7. The van der Waals surface area contributed by atoms with Gasteiger partial charge in [-0.25, -0.2) is 9.79 Å². The van der Waals surface area contributed by atoms with E-state index in [-0.39, 0.29) is 5.90 Å². The van der Waals surface area contributed by atoms with Crippen LogP contribution >= 0.6 is 11.6 Å². The largest absolute Gasteiger partial charge is 0.404 e. The Bertz CT molecular complexity index is 626. The number of aliphatic imine (C=N–C) groups is 2. The van der Waals surface area contributed by atoms with Crippen molar-refractivity contribution in [1.82, 2.24) is 0 Å². The van der Waals surface area contributed by atoms with E-state index in [0.717, 1.165) is 5.56 Å². The number of nitrogens with zero attached hydrogens (tertiary/aromatic N) is 2. The molecule has 0 aromatic heterocycles. The Morgan fingerprint density at radius 1 is 1.20 bits per heavy atom. The number of ether oxygens (including phenoxy) is 1. The molecule has 5 heteroatoms. The van der Waals surface area contributed by atoms with Gasteiger partial charge in [-0.15, -0.1) is 0 Å². The van der Waals surface area contributed by atoms with Crippen LogP contribution in [0, 0.1) is 0 Å². The van der Waals surface area contributed by atoms with Gasteiger partial charge in [0.05, 0.1) is 0 Å². The first-order chi connectivity index (χ1) is 9.74. The molecule has 0 atom stereocenters. The fourth-order valence-corrected chi connectivity index (χ4v) is 1.47. The molecule has 1 aromatic rings. The summed E-state index contributed by atoms with van der Waals surface area (Å²) in [4.78, 5) is 19.5. The van der Waals surface area contributed by atoms with Crippen molar-refractivity contribution in [2.45, 2.75) is 0 Å². The van der Waals surface area contributed by atoms with Crippen molar-refractivity contribution in [3.8, 4) is 0 Å². The molecule has 0 N–H and O–H groups in total. The lowest BCUT2D eigenvalue weighted by Gasteiger charge is -2.00. The molecule has 0 aliphatic carbocycles.